The highest BCUT2D eigenvalue weighted by Gasteiger charge is 2.18. The molecule has 0 heterocycles. The molecule has 3 aromatic rings. The zero-order valence-corrected chi connectivity index (χ0v) is 21.3. The SMILES string of the molecule is O=C(CCOC(=O)c1ccccc1C(=O)Nc1ccc(-c2ccccc2)cc1)OCCCCCOCCO. The van der Waals surface area contributed by atoms with Crippen molar-refractivity contribution in [3.8, 4) is 11.1 Å². The number of anilines is 1. The van der Waals surface area contributed by atoms with E-state index >= 15 is 0 Å². The van der Waals surface area contributed by atoms with Crippen LogP contribution in [0.1, 0.15) is 46.4 Å². The number of carbonyl (C=O) groups excluding carboxylic acids is 3. The van der Waals surface area contributed by atoms with Crippen molar-refractivity contribution in [1.29, 1.82) is 0 Å². The molecule has 0 radical (unpaired) electrons. The number of ether oxygens (including phenoxy) is 3. The molecule has 1 amide bonds. The zero-order valence-electron chi connectivity index (χ0n) is 21.3. The lowest BCUT2D eigenvalue weighted by molar-refractivity contribution is -0.144. The van der Waals surface area contributed by atoms with Gasteiger partial charge in [-0.25, -0.2) is 4.79 Å². The monoisotopic (exact) mass is 519 g/mol. The number of benzene rings is 3. The molecule has 0 aliphatic rings. The second-order valence-corrected chi connectivity index (χ2v) is 8.45. The van der Waals surface area contributed by atoms with Gasteiger partial charge < -0.3 is 24.6 Å². The molecule has 8 heteroatoms. The summed E-state index contributed by atoms with van der Waals surface area (Å²) in [6.07, 6.45) is 2.28. The summed E-state index contributed by atoms with van der Waals surface area (Å²) in [5, 5.41) is 11.5. The fourth-order valence-electron chi connectivity index (χ4n) is 3.65. The van der Waals surface area contributed by atoms with Gasteiger partial charge in [0.25, 0.3) is 5.91 Å². The third kappa shape index (κ3) is 9.46. The summed E-state index contributed by atoms with van der Waals surface area (Å²) in [6, 6.07) is 23.7. The van der Waals surface area contributed by atoms with E-state index in [1.54, 1.807) is 30.3 Å². The van der Waals surface area contributed by atoms with Crippen molar-refractivity contribution in [1.82, 2.24) is 0 Å². The molecule has 0 aromatic heterocycles. The van der Waals surface area contributed by atoms with E-state index in [-0.39, 0.29) is 37.4 Å². The van der Waals surface area contributed by atoms with Crippen molar-refractivity contribution in [3.05, 3.63) is 90.0 Å². The summed E-state index contributed by atoms with van der Waals surface area (Å²) in [7, 11) is 0. The minimum absolute atomic E-state index is 0.00488. The van der Waals surface area contributed by atoms with E-state index in [1.807, 2.05) is 42.5 Å². The Morgan fingerprint density at radius 3 is 2.05 bits per heavy atom. The molecule has 0 bridgehead atoms. The summed E-state index contributed by atoms with van der Waals surface area (Å²) in [5.74, 6) is -1.59. The third-order valence-corrected chi connectivity index (χ3v) is 5.61. The first-order valence-electron chi connectivity index (χ1n) is 12.7. The Balaban J connectivity index is 1.43. The number of hydrogen-bond donors (Lipinski definition) is 2. The van der Waals surface area contributed by atoms with Crippen LogP contribution in [0, 0.1) is 0 Å². The Hall–Kier alpha value is -4.01. The number of nitrogens with one attached hydrogen (secondary N) is 1. The van der Waals surface area contributed by atoms with E-state index in [0.29, 0.717) is 25.3 Å². The van der Waals surface area contributed by atoms with Crippen LogP contribution < -0.4 is 5.32 Å². The molecular formula is C30H33NO7. The predicted molar refractivity (Wildman–Crippen MR) is 144 cm³/mol. The number of aliphatic hydroxyl groups excluding tert-OH is 1. The van der Waals surface area contributed by atoms with Gasteiger partial charge in [0.15, 0.2) is 0 Å². The van der Waals surface area contributed by atoms with Crippen molar-refractivity contribution in [2.24, 2.45) is 0 Å². The topological polar surface area (TPSA) is 111 Å². The highest BCUT2D eigenvalue weighted by atomic mass is 16.5. The molecule has 0 atom stereocenters. The molecule has 0 saturated heterocycles. The minimum atomic E-state index is -0.689. The van der Waals surface area contributed by atoms with Crippen LogP contribution in [0.5, 0.6) is 0 Å². The third-order valence-electron chi connectivity index (χ3n) is 5.61. The first kappa shape index (κ1) is 28.6. The molecular weight excluding hydrogens is 486 g/mol. The normalized spacial score (nSPS) is 10.6. The van der Waals surface area contributed by atoms with Crippen LogP contribution in [0.3, 0.4) is 0 Å². The number of carbonyl (C=O) groups is 3. The second-order valence-electron chi connectivity index (χ2n) is 8.45. The van der Waals surface area contributed by atoms with Crippen LogP contribution in [-0.4, -0.2) is 56.0 Å². The quantitative estimate of drug-likeness (QED) is 0.218. The molecule has 0 spiro atoms. The largest absolute Gasteiger partial charge is 0.466 e. The number of hydrogen-bond acceptors (Lipinski definition) is 7. The van der Waals surface area contributed by atoms with Crippen molar-refractivity contribution in [3.63, 3.8) is 0 Å². The smallest absolute Gasteiger partial charge is 0.338 e. The average molecular weight is 520 g/mol. The molecule has 0 saturated carbocycles. The molecule has 3 aromatic carbocycles. The number of esters is 2. The van der Waals surface area contributed by atoms with Crippen LogP contribution in [0.2, 0.25) is 0 Å². The van der Waals surface area contributed by atoms with Gasteiger partial charge in [0.05, 0.1) is 37.4 Å². The molecule has 38 heavy (non-hydrogen) atoms. The van der Waals surface area contributed by atoms with E-state index in [1.165, 1.54) is 6.07 Å². The predicted octanol–water partition coefficient (Wildman–Crippen LogP) is 4.88. The Labute approximate surface area is 222 Å². The van der Waals surface area contributed by atoms with E-state index in [2.05, 4.69) is 5.32 Å². The van der Waals surface area contributed by atoms with Gasteiger partial charge in [-0.15, -0.1) is 0 Å². The summed E-state index contributed by atoms with van der Waals surface area (Å²) >= 11 is 0. The summed E-state index contributed by atoms with van der Waals surface area (Å²) in [5.41, 5.74) is 2.98. The molecule has 2 N–H and O–H groups in total. The van der Waals surface area contributed by atoms with Crippen LogP contribution in [-0.2, 0) is 19.0 Å². The minimum Gasteiger partial charge on any atom is -0.466 e. The first-order chi connectivity index (χ1) is 18.6. The van der Waals surface area contributed by atoms with Crippen molar-refractivity contribution >= 4 is 23.5 Å². The Kier molecular flexibility index (Phi) is 12.0. The van der Waals surface area contributed by atoms with Crippen LogP contribution >= 0.6 is 0 Å². The van der Waals surface area contributed by atoms with Gasteiger partial charge in [0, 0.05) is 12.3 Å². The van der Waals surface area contributed by atoms with Gasteiger partial charge in [0.1, 0.15) is 6.61 Å². The van der Waals surface area contributed by atoms with E-state index < -0.39 is 17.8 Å². The maximum absolute atomic E-state index is 12.9. The van der Waals surface area contributed by atoms with Gasteiger partial charge in [0.2, 0.25) is 0 Å². The van der Waals surface area contributed by atoms with Gasteiger partial charge in [-0.2, -0.15) is 0 Å². The van der Waals surface area contributed by atoms with E-state index in [0.717, 1.165) is 24.0 Å². The molecule has 0 unspecified atom stereocenters. The fourth-order valence-corrected chi connectivity index (χ4v) is 3.65. The number of rotatable bonds is 15. The van der Waals surface area contributed by atoms with Crippen molar-refractivity contribution < 1.29 is 33.7 Å². The average Bonchev–Trinajstić information content (AvgIpc) is 2.95. The summed E-state index contributed by atoms with van der Waals surface area (Å²) < 4.78 is 15.5. The van der Waals surface area contributed by atoms with Crippen molar-refractivity contribution in [2.75, 3.05) is 38.4 Å². The van der Waals surface area contributed by atoms with Crippen LogP contribution in [0.25, 0.3) is 11.1 Å². The van der Waals surface area contributed by atoms with Crippen LogP contribution in [0.4, 0.5) is 5.69 Å². The molecule has 0 fully saturated rings. The highest BCUT2D eigenvalue weighted by Crippen LogP contribution is 2.22. The Morgan fingerprint density at radius 1 is 0.658 bits per heavy atom. The lowest BCUT2D eigenvalue weighted by Crippen LogP contribution is -2.18. The Bertz CT molecular complexity index is 1160. The number of aliphatic hydroxyl groups is 1. The lowest BCUT2D eigenvalue weighted by atomic mass is 10.0. The van der Waals surface area contributed by atoms with Gasteiger partial charge >= 0.3 is 11.9 Å². The van der Waals surface area contributed by atoms with Crippen molar-refractivity contribution in [2.45, 2.75) is 25.7 Å². The molecule has 0 aliphatic carbocycles. The Morgan fingerprint density at radius 2 is 1.32 bits per heavy atom. The molecule has 0 aliphatic heterocycles. The van der Waals surface area contributed by atoms with Gasteiger partial charge in [-0.3, -0.25) is 9.59 Å². The second kappa shape index (κ2) is 16.0. The zero-order chi connectivity index (χ0) is 27.0. The first-order valence-corrected chi connectivity index (χ1v) is 12.7. The molecule has 3 rings (SSSR count). The standard InChI is InChI=1S/C30H33NO7/c32-18-22-36-19-7-2-8-20-37-28(33)17-21-38-30(35)27-12-6-5-11-26(27)29(34)31-25-15-13-24(14-16-25)23-9-3-1-4-10-23/h1,3-6,9-16,32H,2,7-8,17-22H2,(H,31,34). The van der Waals surface area contributed by atoms with E-state index in [4.69, 9.17) is 19.3 Å². The maximum atomic E-state index is 12.9. The van der Waals surface area contributed by atoms with Gasteiger partial charge in [-0.05, 0) is 54.7 Å². The lowest BCUT2D eigenvalue weighted by Gasteiger charge is -2.11. The van der Waals surface area contributed by atoms with Crippen LogP contribution in [0.15, 0.2) is 78.9 Å². The molecule has 200 valence electrons. The summed E-state index contributed by atoms with van der Waals surface area (Å²) in [6.45, 7) is 1.02. The maximum Gasteiger partial charge on any atom is 0.338 e. The fraction of sp³-hybridized carbons (Fsp3) is 0.300. The number of unbranched alkanes of at least 4 members (excludes halogenated alkanes) is 2. The number of amides is 1. The highest BCUT2D eigenvalue weighted by molar-refractivity contribution is 6.11. The molecule has 8 nitrogen and oxygen atoms in total. The van der Waals surface area contributed by atoms with E-state index in [9.17, 15) is 14.4 Å². The summed E-state index contributed by atoms with van der Waals surface area (Å²) in [4.78, 5) is 37.4. The van der Waals surface area contributed by atoms with Gasteiger partial charge in [-0.1, -0.05) is 54.6 Å².